The molecule has 0 amide bonds. The van der Waals surface area contributed by atoms with Crippen molar-refractivity contribution in [3.63, 3.8) is 0 Å². The Morgan fingerprint density at radius 1 is 1.36 bits per heavy atom. The molecule has 0 radical (unpaired) electrons. The number of ether oxygens (including phenoxy) is 2. The lowest BCUT2D eigenvalue weighted by Gasteiger charge is -2.08. The quantitative estimate of drug-likeness (QED) is 0.563. The minimum absolute atomic E-state index is 0.0448. The van der Waals surface area contributed by atoms with Crippen molar-refractivity contribution >= 4 is 0 Å². The van der Waals surface area contributed by atoms with E-state index in [1.807, 2.05) is 13.8 Å². The molecule has 0 spiro atoms. The van der Waals surface area contributed by atoms with Gasteiger partial charge >= 0.3 is 0 Å². The highest BCUT2D eigenvalue weighted by atomic mass is 16.5. The van der Waals surface area contributed by atoms with Gasteiger partial charge in [0.25, 0.3) is 0 Å². The third kappa shape index (κ3) is 7.78. The highest BCUT2D eigenvalue weighted by Gasteiger charge is 1.97. The SMILES string of the molecule is CCOCCCOC(C)CO. The van der Waals surface area contributed by atoms with Crippen LogP contribution in [0.5, 0.6) is 0 Å². The van der Waals surface area contributed by atoms with Crippen LogP contribution in [-0.4, -0.2) is 37.6 Å². The highest BCUT2D eigenvalue weighted by Crippen LogP contribution is 1.91. The Morgan fingerprint density at radius 2 is 2.09 bits per heavy atom. The smallest absolute Gasteiger partial charge is 0.0777 e. The fourth-order valence-electron chi connectivity index (χ4n) is 0.643. The summed E-state index contributed by atoms with van der Waals surface area (Å²) in [6.07, 6.45) is 0.856. The van der Waals surface area contributed by atoms with Crippen LogP contribution in [0.25, 0.3) is 0 Å². The molecule has 0 heterocycles. The van der Waals surface area contributed by atoms with Gasteiger partial charge in [0, 0.05) is 19.8 Å². The van der Waals surface area contributed by atoms with Crippen LogP contribution >= 0.6 is 0 Å². The summed E-state index contributed by atoms with van der Waals surface area (Å²) >= 11 is 0. The van der Waals surface area contributed by atoms with Gasteiger partial charge in [-0.3, -0.25) is 0 Å². The number of aliphatic hydroxyl groups is 1. The first-order valence-electron chi connectivity index (χ1n) is 4.11. The number of hydrogen-bond acceptors (Lipinski definition) is 3. The van der Waals surface area contributed by atoms with E-state index < -0.39 is 0 Å². The lowest BCUT2D eigenvalue weighted by atomic mass is 10.4. The molecular formula is C8H18O3. The van der Waals surface area contributed by atoms with Crippen LogP contribution in [-0.2, 0) is 9.47 Å². The molecule has 0 aromatic carbocycles. The summed E-state index contributed by atoms with van der Waals surface area (Å²) in [5.41, 5.74) is 0. The maximum absolute atomic E-state index is 8.58. The lowest BCUT2D eigenvalue weighted by Crippen LogP contribution is -2.14. The molecule has 0 saturated carbocycles. The first-order chi connectivity index (χ1) is 5.31. The van der Waals surface area contributed by atoms with Gasteiger partial charge in [0.1, 0.15) is 0 Å². The summed E-state index contributed by atoms with van der Waals surface area (Å²) in [5.74, 6) is 0. The molecule has 1 atom stereocenters. The molecule has 0 aliphatic carbocycles. The zero-order valence-electron chi connectivity index (χ0n) is 7.38. The van der Waals surface area contributed by atoms with Crippen LogP contribution in [0.1, 0.15) is 20.3 Å². The standard InChI is InChI=1S/C8H18O3/c1-3-10-5-4-6-11-8(2)7-9/h8-9H,3-7H2,1-2H3. The predicted octanol–water partition coefficient (Wildman–Crippen LogP) is 0.810. The molecule has 0 saturated heterocycles. The molecule has 1 N–H and O–H groups in total. The molecule has 0 rings (SSSR count). The predicted molar refractivity (Wildman–Crippen MR) is 43.6 cm³/mol. The van der Waals surface area contributed by atoms with Crippen LogP contribution in [0.4, 0.5) is 0 Å². The Labute approximate surface area is 68.3 Å². The number of aliphatic hydroxyl groups excluding tert-OH is 1. The number of hydrogen-bond donors (Lipinski definition) is 1. The average Bonchev–Trinajstić information content (AvgIpc) is 2.04. The Bertz CT molecular complexity index is 75.7. The van der Waals surface area contributed by atoms with Gasteiger partial charge in [0.05, 0.1) is 12.7 Å². The summed E-state index contributed by atoms with van der Waals surface area (Å²) < 4.78 is 10.3. The highest BCUT2D eigenvalue weighted by molar-refractivity contribution is 4.44. The van der Waals surface area contributed by atoms with E-state index in [2.05, 4.69) is 0 Å². The molecule has 3 nitrogen and oxygen atoms in total. The maximum atomic E-state index is 8.58. The van der Waals surface area contributed by atoms with Crippen molar-refractivity contribution in [3.8, 4) is 0 Å². The van der Waals surface area contributed by atoms with E-state index in [4.69, 9.17) is 14.6 Å². The van der Waals surface area contributed by atoms with Crippen molar-refractivity contribution in [2.24, 2.45) is 0 Å². The van der Waals surface area contributed by atoms with E-state index in [-0.39, 0.29) is 12.7 Å². The average molecular weight is 162 g/mol. The van der Waals surface area contributed by atoms with Crippen LogP contribution in [0.2, 0.25) is 0 Å². The van der Waals surface area contributed by atoms with Gasteiger partial charge in [-0.25, -0.2) is 0 Å². The second kappa shape index (κ2) is 7.98. The zero-order valence-corrected chi connectivity index (χ0v) is 7.38. The zero-order chi connectivity index (χ0) is 8.53. The number of rotatable bonds is 7. The van der Waals surface area contributed by atoms with Crippen molar-refractivity contribution in [2.45, 2.75) is 26.4 Å². The van der Waals surface area contributed by atoms with Crippen LogP contribution in [0.3, 0.4) is 0 Å². The van der Waals surface area contributed by atoms with Gasteiger partial charge in [-0.15, -0.1) is 0 Å². The molecule has 0 aliphatic rings. The van der Waals surface area contributed by atoms with Crippen LogP contribution < -0.4 is 0 Å². The van der Waals surface area contributed by atoms with E-state index in [1.165, 1.54) is 0 Å². The Hall–Kier alpha value is -0.120. The van der Waals surface area contributed by atoms with E-state index >= 15 is 0 Å². The first kappa shape index (κ1) is 10.9. The van der Waals surface area contributed by atoms with Gasteiger partial charge in [-0.1, -0.05) is 0 Å². The molecule has 0 fully saturated rings. The van der Waals surface area contributed by atoms with Crippen molar-refractivity contribution in [3.05, 3.63) is 0 Å². The second-order valence-corrected chi connectivity index (χ2v) is 2.41. The molecule has 1 unspecified atom stereocenters. The molecule has 11 heavy (non-hydrogen) atoms. The summed E-state index contributed by atoms with van der Waals surface area (Å²) in [4.78, 5) is 0. The Balaban J connectivity index is 2.89. The summed E-state index contributed by atoms with van der Waals surface area (Å²) in [6.45, 7) is 6.08. The summed E-state index contributed by atoms with van der Waals surface area (Å²) in [5, 5.41) is 8.58. The molecule has 68 valence electrons. The van der Waals surface area contributed by atoms with E-state index in [9.17, 15) is 0 Å². The van der Waals surface area contributed by atoms with E-state index in [0.717, 1.165) is 19.6 Å². The van der Waals surface area contributed by atoms with E-state index in [1.54, 1.807) is 0 Å². The van der Waals surface area contributed by atoms with Gasteiger partial charge < -0.3 is 14.6 Å². The third-order valence-corrected chi connectivity index (χ3v) is 1.30. The van der Waals surface area contributed by atoms with Crippen molar-refractivity contribution in [1.29, 1.82) is 0 Å². The molecule has 0 aromatic heterocycles. The Kier molecular flexibility index (Phi) is 7.89. The van der Waals surface area contributed by atoms with Crippen molar-refractivity contribution in [1.82, 2.24) is 0 Å². The van der Waals surface area contributed by atoms with Gasteiger partial charge in [-0.2, -0.15) is 0 Å². The minimum atomic E-state index is -0.0448. The minimum Gasteiger partial charge on any atom is -0.394 e. The van der Waals surface area contributed by atoms with Crippen molar-refractivity contribution < 1.29 is 14.6 Å². The fraction of sp³-hybridized carbons (Fsp3) is 1.00. The van der Waals surface area contributed by atoms with Crippen LogP contribution in [0.15, 0.2) is 0 Å². The maximum Gasteiger partial charge on any atom is 0.0777 e. The first-order valence-corrected chi connectivity index (χ1v) is 4.11. The van der Waals surface area contributed by atoms with Crippen molar-refractivity contribution in [2.75, 3.05) is 26.4 Å². The van der Waals surface area contributed by atoms with Gasteiger partial charge in [0.15, 0.2) is 0 Å². The third-order valence-electron chi connectivity index (χ3n) is 1.30. The second-order valence-electron chi connectivity index (χ2n) is 2.41. The van der Waals surface area contributed by atoms with Gasteiger partial charge in [0.2, 0.25) is 0 Å². The lowest BCUT2D eigenvalue weighted by molar-refractivity contribution is 0.0130. The molecular weight excluding hydrogens is 144 g/mol. The largest absolute Gasteiger partial charge is 0.394 e. The van der Waals surface area contributed by atoms with E-state index in [0.29, 0.717) is 6.61 Å². The molecule has 0 aromatic rings. The Morgan fingerprint density at radius 3 is 2.64 bits per heavy atom. The molecule has 3 heteroatoms. The van der Waals surface area contributed by atoms with Gasteiger partial charge in [-0.05, 0) is 20.3 Å². The van der Waals surface area contributed by atoms with Crippen LogP contribution in [0, 0.1) is 0 Å². The summed E-state index contributed by atoms with van der Waals surface area (Å²) in [7, 11) is 0. The normalized spacial score (nSPS) is 13.4. The molecule has 0 aliphatic heterocycles. The fourth-order valence-corrected chi connectivity index (χ4v) is 0.643. The molecule has 0 bridgehead atoms. The monoisotopic (exact) mass is 162 g/mol. The topological polar surface area (TPSA) is 38.7 Å². The summed E-state index contributed by atoms with van der Waals surface area (Å²) in [6, 6.07) is 0.